The van der Waals surface area contributed by atoms with Crippen LogP contribution in [0.25, 0.3) is 0 Å². The molecule has 3 aromatic carbocycles. The van der Waals surface area contributed by atoms with Gasteiger partial charge in [-0.25, -0.2) is 4.79 Å². The third-order valence-electron chi connectivity index (χ3n) is 10.6. The third kappa shape index (κ3) is 6.42. The highest BCUT2D eigenvalue weighted by Crippen LogP contribution is 2.36. The zero-order valence-electron chi connectivity index (χ0n) is 27.5. The van der Waals surface area contributed by atoms with Gasteiger partial charge in [0.2, 0.25) is 11.8 Å². The van der Waals surface area contributed by atoms with E-state index in [1.807, 2.05) is 60.7 Å². The van der Waals surface area contributed by atoms with Crippen molar-refractivity contribution in [1.82, 2.24) is 9.80 Å². The molecule has 4 aliphatic rings. The van der Waals surface area contributed by atoms with Gasteiger partial charge in [0.05, 0.1) is 19.2 Å². The van der Waals surface area contributed by atoms with Crippen LogP contribution in [0.4, 0.5) is 10.5 Å². The molecule has 0 N–H and O–H groups in total. The zero-order valence-corrected chi connectivity index (χ0v) is 27.5. The molecular weight excluding hydrogens is 606 g/mol. The quantitative estimate of drug-likeness (QED) is 0.318. The van der Waals surface area contributed by atoms with Crippen molar-refractivity contribution in [2.24, 2.45) is 0 Å². The summed E-state index contributed by atoms with van der Waals surface area (Å²) in [5.41, 5.74) is 6.04. The molecule has 3 amide bonds. The molecule has 48 heavy (non-hydrogen) atoms. The molecule has 1 fully saturated rings. The van der Waals surface area contributed by atoms with Crippen molar-refractivity contribution in [2.75, 3.05) is 18.6 Å². The number of benzene rings is 3. The Balaban J connectivity index is 1.19. The van der Waals surface area contributed by atoms with Gasteiger partial charge < -0.3 is 19.3 Å². The summed E-state index contributed by atoms with van der Waals surface area (Å²) in [5, 5.41) is 0. The summed E-state index contributed by atoms with van der Waals surface area (Å²) in [6.45, 7) is 0.188. The van der Waals surface area contributed by atoms with Crippen LogP contribution in [-0.4, -0.2) is 71.6 Å². The van der Waals surface area contributed by atoms with E-state index in [1.165, 1.54) is 12.0 Å². The van der Waals surface area contributed by atoms with Gasteiger partial charge in [-0.3, -0.25) is 19.3 Å². The van der Waals surface area contributed by atoms with Crippen LogP contribution < -0.4 is 4.90 Å². The van der Waals surface area contributed by atoms with Gasteiger partial charge >= 0.3 is 12.1 Å². The van der Waals surface area contributed by atoms with Crippen molar-refractivity contribution in [3.8, 4) is 0 Å². The first-order valence-electron chi connectivity index (χ1n) is 17.3. The lowest BCUT2D eigenvalue weighted by molar-refractivity contribution is -0.148. The summed E-state index contributed by atoms with van der Waals surface area (Å²) in [6, 6.07) is 22.2. The summed E-state index contributed by atoms with van der Waals surface area (Å²) in [4.78, 5) is 60.7. The Morgan fingerprint density at radius 2 is 1.35 bits per heavy atom. The van der Waals surface area contributed by atoms with E-state index in [-0.39, 0.29) is 42.9 Å². The number of hydrogen-bond acceptors (Lipinski definition) is 6. The number of amides is 3. The van der Waals surface area contributed by atoms with E-state index in [0.29, 0.717) is 37.9 Å². The minimum Gasteiger partial charge on any atom is -0.469 e. The second-order valence-electron chi connectivity index (χ2n) is 13.6. The first-order chi connectivity index (χ1) is 23.4. The molecule has 7 rings (SSSR count). The fourth-order valence-corrected chi connectivity index (χ4v) is 8.10. The number of hydrogen-bond donors (Lipinski definition) is 0. The van der Waals surface area contributed by atoms with Crippen molar-refractivity contribution in [3.05, 3.63) is 101 Å². The number of carbonyl (C=O) groups excluding carboxylic acids is 4. The summed E-state index contributed by atoms with van der Waals surface area (Å²) >= 11 is 0. The molecule has 0 unspecified atom stereocenters. The van der Waals surface area contributed by atoms with Crippen LogP contribution in [0.2, 0.25) is 0 Å². The van der Waals surface area contributed by atoms with Crippen LogP contribution in [0.5, 0.6) is 0 Å². The van der Waals surface area contributed by atoms with Gasteiger partial charge in [0.1, 0.15) is 18.7 Å². The molecule has 1 saturated carbocycles. The lowest BCUT2D eigenvalue weighted by Gasteiger charge is -2.39. The normalized spacial score (nSPS) is 20.4. The molecule has 250 valence electrons. The van der Waals surface area contributed by atoms with E-state index in [4.69, 9.17) is 9.47 Å². The number of rotatable bonds is 7. The van der Waals surface area contributed by atoms with Crippen molar-refractivity contribution in [3.63, 3.8) is 0 Å². The Bertz CT molecular complexity index is 1680. The standard InChI is InChI=1S/C39H43N3O6/c1-47-37(44)23-32-21-28-13-7-8-15-30(28)24-40(32)36(43)25-41(31-19-26-11-5-6-12-27(26)20-31)38(45)35-22-29-14-9-10-18-34(29)42(35)39(46)48-33-16-3-2-4-17-33/h5-15,18,31-33,35H,2-4,16-17,19-25H2,1H3/t32-,35-/m1/s1. The number of anilines is 1. The highest BCUT2D eigenvalue weighted by Gasteiger charge is 2.45. The highest BCUT2D eigenvalue weighted by atomic mass is 16.6. The highest BCUT2D eigenvalue weighted by molar-refractivity contribution is 6.01. The minimum atomic E-state index is -0.831. The fourth-order valence-electron chi connectivity index (χ4n) is 8.10. The fraction of sp³-hybridized carbons (Fsp3) is 0.436. The van der Waals surface area contributed by atoms with Crippen molar-refractivity contribution in [2.45, 2.75) is 95.0 Å². The molecule has 0 radical (unpaired) electrons. The Morgan fingerprint density at radius 1 is 0.750 bits per heavy atom. The number of esters is 1. The van der Waals surface area contributed by atoms with Gasteiger partial charge in [0.25, 0.3) is 0 Å². The smallest absolute Gasteiger partial charge is 0.415 e. The predicted octanol–water partition coefficient (Wildman–Crippen LogP) is 5.40. The van der Waals surface area contributed by atoms with Gasteiger partial charge in [-0.05, 0) is 78.8 Å². The van der Waals surface area contributed by atoms with Crippen molar-refractivity contribution >= 4 is 29.6 Å². The Morgan fingerprint density at radius 3 is 2.02 bits per heavy atom. The average Bonchev–Trinajstić information content (AvgIpc) is 3.72. The first kappa shape index (κ1) is 31.9. The lowest BCUT2D eigenvalue weighted by Crippen LogP contribution is -2.57. The molecule has 2 atom stereocenters. The molecule has 0 bridgehead atoms. The second kappa shape index (κ2) is 13.8. The maximum Gasteiger partial charge on any atom is 0.415 e. The molecular formula is C39H43N3O6. The van der Waals surface area contributed by atoms with Gasteiger partial charge in [0.15, 0.2) is 0 Å². The molecule has 0 spiro atoms. The molecule has 9 heteroatoms. The van der Waals surface area contributed by atoms with Gasteiger partial charge in [-0.2, -0.15) is 0 Å². The van der Waals surface area contributed by atoms with Crippen LogP contribution in [0.15, 0.2) is 72.8 Å². The van der Waals surface area contributed by atoms with Gasteiger partial charge in [-0.1, -0.05) is 73.2 Å². The molecule has 2 heterocycles. The van der Waals surface area contributed by atoms with E-state index < -0.39 is 18.2 Å². The van der Waals surface area contributed by atoms with E-state index in [2.05, 4.69) is 12.1 Å². The van der Waals surface area contributed by atoms with Crippen LogP contribution >= 0.6 is 0 Å². The number of fused-ring (bicyclic) bond motifs is 3. The molecule has 2 aliphatic carbocycles. The SMILES string of the molecule is COC(=O)C[C@H]1Cc2ccccc2CN1C(=O)CN(C(=O)[C@H]1Cc2ccccc2N1C(=O)OC1CCCCC1)C1Cc2ccccc2C1. The largest absolute Gasteiger partial charge is 0.469 e. The monoisotopic (exact) mass is 649 g/mol. The second-order valence-corrected chi connectivity index (χ2v) is 13.6. The predicted molar refractivity (Wildman–Crippen MR) is 180 cm³/mol. The van der Waals surface area contributed by atoms with E-state index in [0.717, 1.165) is 59.9 Å². The Hall–Kier alpha value is -4.66. The summed E-state index contributed by atoms with van der Waals surface area (Å²) < 4.78 is 11.0. The van der Waals surface area contributed by atoms with Crippen molar-refractivity contribution < 1.29 is 28.7 Å². The Kier molecular flexibility index (Phi) is 9.19. The molecule has 9 nitrogen and oxygen atoms in total. The summed E-state index contributed by atoms with van der Waals surface area (Å²) in [6.07, 6.45) is 6.35. The topological polar surface area (TPSA) is 96.5 Å². The molecule has 3 aromatic rings. The third-order valence-corrected chi connectivity index (χ3v) is 10.6. The number of carbonyl (C=O) groups is 4. The number of ether oxygens (including phenoxy) is 2. The zero-order chi connectivity index (χ0) is 33.2. The van der Waals surface area contributed by atoms with E-state index in [9.17, 15) is 19.2 Å². The minimum absolute atomic E-state index is 0.0676. The number of para-hydroxylation sites is 1. The number of nitrogens with zero attached hydrogens (tertiary/aromatic N) is 3. The van der Waals surface area contributed by atoms with Crippen LogP contribution in [0.3, 0.4) is 0 Å². The Labute approximate surface area is 281 Å². The van der Waals surface area contributed by atoms with Crippen LogP contribution in [0, 0.1) is 0 Å². The summed E-state index contributed by atoms with van der Waals surface area (Å²) in [7, 11) is 1.36. The molecule has 0 saturated heterocycles. The maximum atomic E-state index is 14.9. The summed E-state index contributed by atoms with van der Waals surface area (Å²) in [5.74, 6) is -0.873. The van der Waals surface area contributed by atoms with Gasteiger partial charge in [-0.15, -0.1) is 0 Å². The van der Waals surface area contributed by atoms with Gasteiger partial charge in [0, 0.05) is 25.0 Å². The number of methoxy groups -OCH3 is 1. The molecule has 2 aliphatic heterocycles. The lowest BCUT2D eigenvalue weighted by atomic mass is 9.92. The van der Waals surface area contributed by atoms with Crippen molar-refractivity contribution in [1.29, 1.82) is 0 Å². The average molecular weight is 650 g/mol. The first-order valence-corrected chi connectivity index (χ1v) is 17.3. The van der Waals surface area contributed by atoms with E-state index in [1.54, 1.807) is 9.80 Å². The van der Waals surface area contributed by atoms with Crippen LogP contribution in [0.1, 0.15) is 66.3 Å². The van der Waals surface area contributed by atoms with Crippen LogP contribution in [-0.2, 0) is 56.1 Å². The maximum absolute atomic E-state index is 14.9. The molecule has 0 aromatic heterocycles. The van der Waals surface area contributed by atoms with E-state index >= 15 is 0 Å².